The molecular formula is C14H17NOS. The molecule has 0 saturated heterocycles. The fraction of sp³-hybridized carbons (Fsp3) is 0.357. The minimum Gasteiger partial charge on any atom is -0.355 e. The fourth-order valence-electron chi connectivity index (χ4n) is 1.96. The molecule has 1 aliphatic heterocycles. The first-order valence-electron chi connectivity index (χ1n) is 5.77. The highest BCUT2D eigenvalue weighted by atomic mass is 32.2. The van der Waals surface area contributed by atoms with Crippen LogP contribution in [0.2, 0.25) is 0 Å². The minimum atomic E-state index is -0.0812. The summed E-state index contributed by atoms with van der Waals surface area (Å²) in [5.41, 5.74) is 2.02. The van der Waals surface area contributed by atoms with Gasteiger partial charge in [0.15, 0.2) is 5.78 Å². The van der Waals surface area contributed by atoms with Gasteiger partial charge in [0.1, 0.15) is 0 Å². The van der Waals surface area contributed by atoms with E-state index >= 15 is 0 Å². The van der Waals surface area contributed by atoms with Crippen LogP contribution in [0, 0.1) is 0 Å². The maximum absolute atomic E-state index is 12.3. The van der Waals surface area contributed by atoms with Gasteiger partial charge in [-0.3, -0.25) is 4.79 Å². The number of carbonyl (C=O) groups excluding carboxylic acids is 1. The van der Waals surface area contributed by atoms with Crippen LogP contribution in [0.1, 0.15) is 31.1 Å². The molecule has 0 aliphatic carbocycles. The predicted molar refractivity (Wildman–Crippen MR) is 72.9 cm³/mol. The Hall–Kier alpha value is -1.22. The van der Waals surface area contributed by atoms with Crippen molar-refractivity contribution in [3.8, 4) is 0 Å². The Morgan fingerprint density at radius 3 is 2.47 bits per heavy atom. The zero-order chi connectivity index (χ0) is 12.4. The van der Waals surface area contributed by atoms with Crippen LogP contribution in [0.3, 0.4) is 0 Å². The van der Waals surface area contributed by atoms with Crippen LogP contribution in [0.4, 0.5) is 0 Å². The summed E-state index contributed by atoms with van der Waals surface area (Å²) in [4.78, 5) is 15.8. The number of benzene rings is 1. The number of Topliss-reactive ketones (excluding diaryl/α,β-unsaturated/α-hetero) is 1. The molecule has 2 rings (SSSR count). The summed E-state index contributed by atoms with van der Waals surface area (Å²) >= 11 is 1.81. The lowest BCUT2D eigenvalue weighted by molar-refractivity contribution is 0.0892. The molecule has 90 valence electrons. The van der Waals surface area contributed by atoms with Gasteiger partial charge in [0.2, 0.25) is 0 Å². The van der Waals surface area contributed by atoms with Crippen molar-refractivity contribution in [3.05, 3.63) is 46.5 Å². The van der Waals surface area contributed by atoms with Crippen molar-refractivity contribution in [2.45, 2.75) is 26.8 Å². The standard InChI is InChI=1S/C14H17NOS/c1-10-12(3)17-9-15(10)11(2)14(16)13-7-5-4-6-8-13/h4-8,11H,9H2,1-3H3. The summed E-state index contributed by atoms with van der Waals surface area (Å²) in [6, 6.07) is 9.44. The van der Waals surface area contributed by atoms with Gasteiger partial charge >= 0.3 is 0 Å². The lowest BCUT2D eigenvalue weighted by Crippen LogP contribution is -2.35. The van der Waals surface area contributed by atoms with Crippen molar-refractivity contribution in [2.24, 2.45) is 0 Å². The predicted octanol–water partition coefficient (Wildman–Crippen LogP) is 3.52. The third-order valence-electron chi connectivity index (χ3n) is 3.27. The summed E-state index contributed by atoms with van der Waals surface area (Å²) in [5, 5.41) is 0. The Morgan fingerprint density at radius 2 is 1.94 bits per heavy atom. The quantitative estimate of drug-likeness (QED) is 0.762. The van der Waals surface area contributed by atoms with Gasteiger partial charge in [-0.1, -0.05) is 30.3 Å². The molecule has 1 aliphatic rings. The first-order valence-corrected chi connectivity index (χ1v) is 6.76. The molecule has 3 heteroatoms. The molecule has 1 unspecified atom stereocenters. The molecule has 0 aromatic heterocycles. The highest BCUT2D eigenvalue weighted by Gasteiger charge is 2.27. The van der Waals surface area contributed by atoms with E-state index < -0.39 is 0 Å². The molecule has 2 nitrogen and oxygen atoms in total. The van der Waals surface area contributed by atoms with Gasteiger partial charge in [-0.05, 0) is 20.8 Å². The van der Waals surface area contributed by atoms with Gasteiger partial charge in [0.25, 0.3) is 0 Å². The van der Waals surface area contributed by atoms with Crippen LogP contribution in [-0.4, -0.2) is 22.6 Å². The zero-order valence-corrected chi connectivity index (χ0v) is 11.3. The molecule has 0 N–H and O–H groups in total. The number of ketones is 1. The second-order valence-corrected chi connectivity index (χ2v) is 5.45. The van der Waals surface area contributed by atoms with E-state index in [0.717, 1.165) is 11.4 Å². The molecule has 0 spiro atoms. The summed E-state index contributed by atoms with van der Waals surface area (Å²) in [6.45, 7) is 6.18. The van der Waals surface area contributed by atoms with Crippen molar-refractivity contribution in [3.63, 3.8) is 0 Å². The summed E-state index contributed by atoms with van der Waals surface area (Å²) < 4.78 is 0. The van der Waals surface area contributed by atoms with E-state index in [9.17, 15) is 4.79 Å². The first-order chi connectivity index (χ1) is 8.11. The summed E-state index contributed by atoms with van der Waals surface area (Å²) in [7, 11) is 0. The van der Waals surface area contributed by atoms with E-state index in [0.29, 0.717) is 0 Å². The number of hydrogen-bond acceptors (Lipinski definition) is 3. The fourth-order valence-corrected chi connectivity index (χ4v) is 3.03. The van der Waals surface area contributed by atoms with Crippen LogP contribution in [0.15, 0.2) is 40.9 Å². The number of thioether (sulfide) groups is 1. The van der Waals surface area contributed by atoms with Crippen LogP contribution in [0.5, 0.6) is 0 Å². The summed E-state index contributed by atoms with van der Waals surface area (Å²) in [6.07, 6.45) is 0. The topological polar surface area (TPSA) is 20.3 Å². The second-order valence-electron chi connectivity index (χ2n) is 4.29. The number of rotatable bonds is 3. The third kappa shape index (κ3) is 2.39. The van der Waals surface area contributed by atoms with Gasteiger partial charge < -0.3 is 4.90 Å². The number of hydrogen-bond donors (Lipinski definition) is 0. The van der Waals surface area contributed by atoms with E-state index in [1.54, 1.807) is 0 Å². The van der Waals surface area contributed by atoms with Crippen LogP contribution in [-0.2, 0) is 0 Å². The van der Waals surface area contributed by atoms with Gasteiger partial charge in [-0.2, -0.15) is 0 Å². The highest BCUT2D eigenvalue weighted by Crippen LogP contribution is 2.33. The molecule has 17 heavy (non-hydrogen) atoms. The maximum Gasteiger partial charge on any atom is 0.184 e. The van der Waals surface area contributed by atoms with Crippen molar-refractivity contribution >= 4 is 17.5 Å². The molecule has 0 amide bonds. The average Bonchev–Trinajstić information content (AvgIpc) is 2.69. The van der Waals surface area contributed by atoms with Gasteiger partial charge in [0, 0.05) is 16.2 Å². The summed E-state index contributed by atoms with van der Waals surface area (Å²) in [5.74, 6) is 1.08. The Balaban J connectivity index is 2.17. The second kappa shape index (κ2) is 4.96. The van der Waals surface area contributed by atoms with Gasteiger partial charge in [-0.15, -0.1) is 11.8 Å². The maximum atomic E-state index is 12.3. The molecular weight excluding hydrogens is 230 g/mol. The van der Waals surface area contributed by atoms with E-state index in [2.05, 4.69) is 18.7 Å². The molecule has 1 heterocycles. The van der Waals surface area contributed by atoms with Crippen LogP contribution in [0.25, 0.3) is 0 Å². The van der Waals surface area contributed by atoms with Crippen LogP contribution >= 0.6 is 11.8 Å². The Kier molecular flexibility index (Phi) is 3.57. The van der Waals surface area contributed by atoms with Crippen molar-refractivity contribution in [2.75, 3.05) is 5.88 Å². The van der Waals surface area contributed by atoms with Gasteiger partial charge in [0.05, 0.1) is 11.9 Å². The minimum absolute atomic E-state index is 0.0812. The van der Waals surface area contributed by atoms with E-state index in [-0.39, 0.29) is 11.8 Å². The van der Waals surface area contributed by atoms with Crippen LogP contribution < -0.4 is 0 Å². The molecule has 0 fully saturated rings. The number of carbonyl (C=O) groups is 1. The van der Waals surface area contributed by atoms with Crippen molar-refractivity contribution in [1.29, 1.82) is 0 Å². The third-order valence-corrected chi connectivity index (χ3v) is 4.40. The largest absolute Gasteiger partial charge is 0.355 e. The lowest BCUT2D eigenvalue weighted by atomic mass is 10.0. The molecule has 0 bridgehead atoms. The van der Waals surface area contributed by atoms with E-state index in [1.165, 1.54) is 10.6 Å². The molecule has 1 aromatic carbocycles. The molecule has 0 radical (unpaired) electrons. The SMILES string of the molecule is CC1=C(C)N(C(C)C(=O)c2ccccc2)CS1. The molecule has 0 saturated carbocycles. The lowest BCUT2D eigenvalue weighted by Gasteiger charge is -2.26. The average molecular weight is 247 g/mol. The molecule has 1 atom stereocenters. The van der Waals surface area contributed by atoms with E-state index in [4.69, 9.17) is 0 Å². The monoisotopic (exact) mass is 247 g/mol. The van der Waals surface area contributed by atoms with E-state index in [1.807, 2.05) is 49.0 Å². The number of allylic oxidation sites excluding steroid dienone is 2. The number of nitrogens with zero attached hydrogens (tertiary/aromatic N) is 1. The zero-order valence-electron chi connectivity index (χ0n) is 10.4. The van der Waals surface area contributed by atoms with Crippen molar-refractivity contribution < 1.29 is 4.79 Å². The Labute approximate surface area is 107 Å². The van der Waals surface area contributed by atoms with Gasteiger partial charge in [-0.25, -0.2) is 0 Å². The molecule has 1 aromatic rings. The first kappa shape index (κ1) is 12.2. The Morgan fingerprint density at radius 1 is 1.29 bits per heavy atom. The Bertz CT molecular complexity index is 453. The van der Waals surface area contributed by atoms with Crippen molar-refractivity contribution in [1.82, 2.24) is 4.90 Å². The smallest absolute Gasteiger partial charge is 0.184 e. The highest BCUT2D eigenvalue weighted by molar-refractivity contribution is 8.03. The normalized spacial score (nSPS) is 17.5.